The number of hydrogen-bond acceptors (Lipinski definition) is 3. The molecule has 0 bridgehead atoms. The van der Waals surface area contributed by atoms with E-state index in [9.17, 15) is 9.59 Å². The molecule has 3 nitrogen and oxygen atoms in total. The number of likely N-dealkylation sites (N-methyl/N-ethyl adjacent to an activating group) is 1. The van der Waals surface area contributed by atoms with Crippen LogP contribution in [0.25, 0.3) is 0 Å². The van der Waals surface area contributed by atoms with Gasteiger partial charge in [0.2, 0.25) is 0 Å². The van der Waals surface area contributed by atoms with Gasteiger partial charge >= 0.3 is 0 Å². The van der Waals surface area contributed by atoms with Gasteiger partial charge in [-0.2, -0.15) is 0 Å². The standard InChI is InChI=1S/C27H26ClNO2/c1-16-13-20-21(14-17(16)2)26(31)19(25(20)30)8-10-24-27(11-5-4-6-12-27)22-15-18(28)7-9-23(22)29(24)3/h7-10,13-15H,4-6,11-12H2,1-3H3/b24-10+. The van der Waals surface area contributed by atoms with Crippen molar-refractivity contribution in [1.82, 2.24) is 0 Å². The molecule has 2 aliphatic carbocycles. The molecule has 0 atom stereocenters. The van der Waals surface area contributed by atoms with Gasteiger partial charge in [0.05, 0.1) is 5.57 Å². The number of aryl methyl sites for hydroxylation is 2. The SMILES string of the molecule is Cc1cc2c(cc1C)C(=O)C(=C/C=C1/N(C)c3ccc(Cl)cc3C13CCCCC3)C2=O. The number of fused-ring (bicyclic) bond motifs is 3. The first-order valence-corrected chi connectivity index (χ1v) is 11.4. The number of benzene rings is 2. The van der Waals surface area contributed by atoms with Gasteiger partial charge in [0.15, 0.2) is 11.6 Å². The quantitative estimate of drug-likeness (QED) is 0.382. The molecule has 0 N–H and O–H groups in total. The Bertz CT molecular complexity index is 1150. The predicted octanol–water partition coefficient (Wildman–Crippen LogP) is 6.50. The molecule has 4 heteroatoms. The minimum Gasteiger partial charge on any atom is -0.347 e. The first-order chi connectivity index (χ1) is 14.8. The fourth-order valence-electron chi connectivity index (χ4n) is 5.62. The molecule has 0 saturated heterocycles. The number of ketones is 2. The highest BCUT2D eigenvalue weighted by Crippen LogP contribution is 2.55. The zero-order valence-electron chi connectivity index (χ0n) is 18.2. The second-order valence-electron chi connectivity index (χ2n) is 9.14. The van der Waals surface area contributed by atoms with Gasteiger partial charge < -0.3 is 4.90 Å². The van der Waals surface area contributed by atoms with Crippen LogP contribution < -0.4 is 4.90 Å². The first kappa shape index (κ1) is 20.3. The van der Waals surface area contributed by atoms with Gasteiger partial charge in [0.25, 0.3) is 0 Å². The van der Waals surface area contributed by atoms with Crippen molar-refractivity contribution in [2.24, 2.45) is 0 Å². The molecule has 1 aliphatic heterocycles. The Morgan fingerprint density at radius 1 is 0.903 bits per heavy atom. The third kappa shape index (κ3) is 2.94. The largest absolute Gasteiger partial charge is 0.347 e. The summed E-state index contributed by atoms with van der Waals surface area (Å²) in [5, 5.41) is 0.749. The van der Waals surface area contributed by atoms with Crippen molar-refractivity contribution in [3.63, 3.8) is 0 Å². The van der Waals surface area contributed by atoms with Crippen LogP contribution in [-0.4, -0.2) is 18.6 Å². The maximum absolute atomic E-state index is 13.0. The Balaban J connectivity index is 1.61. The van der Waals surface area contributed by atoms with Gasteiger partial charge in [-0.05, 0) is 85.9 Å². The van der Waals surface area contributed by atoms with E-state index in [1.165, 1.54) is 12.0 Å². The first-order valence-electron chi connectivity index (χ1n) is 11.0. The Morgan fingerprint density at radius 3 is 2.13 bits per heavy atom. The molecule has 2 aromatic carbocycles. The van der Waals surface area contributed by atoms with Gasteiger partial charge in [-0.1, -0.05) is 30.9 Å². The Kier molecular flexibility index (Phi) is 4.71. The molecular weight excluding hydrogens is 406 g/mol. The second kappa shape index (κ2) is 7.20. The molecule has 0 aromatic heterocycles. The van der Waals surface area contributed by atoms with E-state index in [2.05, 4.69) is 24.1 Å². The number of nitrogens with zero attached hydrogens (tertiary/aromatic N) is 1. The summed E-state index contributed by atoms with van der Waals surface area (Å²) in [6.07, 6.45) is 9.44. The maximum Gasteiger partial charge on any atom is 0.197 e. The van der Waals surface area contributed by atoms with Gasteiger partial charge in [-0.15, -0.1) is 0 Å². The van der Waals surface area contributed by atoms with E-state index in [4.69, 9.17) is 11.6 Å². The van der Waals surface area contributed by atoms with Crippen LogP contribution in [0.1, 0.15) is 69.5 Å². The lowest BCUT2D eigenvalue weighted by molar-refractivity contribution is 0.0988. The summed E-state index contributed by atoms with van der Waals surface area (Å²) >= 11 is 6.38. The van der Waals surface area contributed by atoms with E-state index in [1.807, 2.05) is 38.1 Å². The Morgan fingerprint density at radius 2 is 1.52 bits per heavy atom. The van der Waals surface area contributed by atoms with E-state index in [-0.39, 0.29) is 22.6 Å². The molecule has 2 aromatic rings. The van der Waals surface area contributed by atoms with Crippen molar-refractivity contribution >= 4 is 28.9 Å². The minimum atomic E-state index is -0.168. The summed E-state index contributed by atoms with van der Waals surface area (Å²) in [5.41, 5.74) is 6.86. The number of carbonyl (C=O) groups is 2. The summed E-state index contributed by atoms with van der Waals surface area (Å²) in [6.45, 7) is 3.94. The average molecular weight is 432 g/mol. The van der Waals surface area contributed by atoms with Crippen molar-refractivity contribution in [3.05, 3.63) is 86.6 Å². The number of hydrogen-bond donors (Lipinski definition) is 0. The van der Waals surface area contributed by atoms with Crippen molar-refractivity contribution in [1.29, 1.82) is 0 Å². The zero-order valence-corrected chi connectivity index (χ0v) is 19.0. The van der Waals surface area contributed by atoms with E-state index in [1.54, 1.807) is 6.08 Å². The number of rotatable bonds is 1. The Hall–Kier alpha value is -2.65. The van der Waals surface area contributed by atoms with E-state index in [0.29, 0.717) is 11.1 Å². The van der Waals surface area contributed by atoms with Gasteiger partial charge in [-0.25, -0.2) is 0 Å². The molecule has 1 saturated carbocycles. The highest BCUT2D eigenvalue weighted by Gasteiger charge is 2.46. The highest BCUT2D eigenvalue weighted by atomic mass is 35.5. The third-order valence-corrected chi connectivity index (χ3v) is 7.65. The van der Waals surface area contributed by atoms with E-state index >= 15 is 0 Å². The van der Waals surface area contributed by atoms with Gasteiger partial charge in [-0.3, -0.25) is 9.59 Å². The zero-order chi connectivity index (χ0) is 21.9. The van der Waals surface area contributed by atoms with Crippen molar-refractivity contribution < 1.29 is 9.59 Å². The van der Waals surface area contributed by atoms with Crippen LogP contribution in [0.15, 0.2) is 53.8 Å². The summed E-state index contributed by atoms with van der Waals surface area (Å²) in [7, 11) is 2.07. The van der Waals surface area contributed by atoms with Crippen LogP contribution >= 0.6 is 11.6 Å². The molecule has 31 heavy (non-hydrogen) atoms. The molecule has 3 aliphatic rings. The summed E-state index contributed by atoms with van der Waals surface area (Å²) < 4.78 is 0. The summed E-state index contributed by atoms with van der Waals surface area (Å²) in [4.78, 5) is 28.3. The van der Waals surface area contributed by atoms with Crippen LogP contribution in [0.5, 0.6) is 0 Å². The molecule has 1 spiro atoms. The third-order valence-electron chi connectivity index (χ3n) is 7.41. The topological polar surface area (TPSA) is 37.4 Å². The molecule has 1 fully saturated rings. The minimum absolute atomic E-state index is 0.102. The van der Waals surface area contributed by atoms with Gasteiger partial charge in [0.1, 0.15) is 0 Å². The number of Topliss-reactive ketones (excluding diaryl/α,β-unsaturated/α-hetero) is 2. The van der Waals surface area contributed by atoms with Crippen molar-refractivity contribution in [2.45, 2.75) is 51.4 Å². The molecule has 1 heterocycles. The smallest absolute Gasteiger partial charge is 0.197 e. The molecular formula is C27H26ClNO2. The van der Waals surface area contributed by atoms with Crippen LogP contribution in [0.2, 0.25) is 5.02 Å². The molecule has 0 radical (unpaired) electrons. The average Bonchev–Trinajstić information content (AvgIpc) is 3.10. The number of allylic oxidation sites excluding steroid dienone is 4. The monoisotopic (exact) mass is 431 g/mol. The normalized spacial score (nSPS) is 20.6. The molecule has 0 unspecified atom stereocenters. The Labute approximate surface area is 188 Å². The van der Waals surface area contributed by atoms with Crippen molar-refractivity contribution in [3.8, 4) is 0 Å². The lowest BCUT2D eigenvalue weighted by Crippen LogP contribution is -2.31. The fourth-order valence-corrected chi connectivity index (χ4v) is 5.80. The van der Waals surface area contributed by atoms with E-state index < -0.39 is 0 Å². The lowest BCUT2D eigenvalue weighted by atomic mass is 9.68. The van der Waals surface area contributed by atoms with Crippen molar-refractivity contribution in [2.75, 3.05) is 11.9 Å². The van der Waals surface area contributed by atoms with Gasteiger partial charge in [0, 0.05) is 40.0 Å². The number of halogens is 1. The number of anilines is 1. The lowest BCUT2D eigenvalue weighted by Gasteiger charge is -2.36. The summed E-state index contributed by atoms with van der Waals surface area (Å²) in [5.74, 6) is -0.335. The predicted molar refractivity (Wildman–Crippen MR) is 125 cm³/mol. The van der Waals surface area contributed by atoms with Crippen LogP contribution in [0, 0.1) is 13.8 Å². The maximum atomic E-state index is 13.0. The fraction of sp³-hybridized carbons (Fsp3) is 0.333. The molecule has 158 valence electrons. The highest BCUT2D eigenvalue weighted by molar-refractivity contribution is 6.39. The van der Waals surface area contributed by atoms with E-state index in [0.717, 1.165) is 53.2 Å². The molecule has 0 amide bonds. The van der Waals surface area contributed by atoms with Crippen LogP contribution in [0.4, 0.5) is 5.69 Å². The van der Waals surface area contributed by atoms with Crippen LogP contribution in [-0.2, 0) is 5.41 Å². The molecule has 5 rings (SSSR count). The second-order valence-corrected chi connectivity index (χ2v) is 9.57. The number of carbonyl (C=O) groups excluding carboxylic acids is 2. The van der Waals surface area contributed by atoms with Crippen LogP contribution in [0.3, 0.4) is 0 Å². The summed E-state index contributed by atoms with van der Waals surface area (Å²) in [6, 6.07) is 9.80.